The Morgan fingerprint density at radius 2 is 1.56 bits per heavy atom. The monoisotopic (exact) mass is 440 g/mol. The van der Waals surface area contributed by atoms with Crippen LogP contribution in [-0.2, 0) is 14.3 Å². The van der Waals surface area contributed by atoms with Crippen molar-refractivity contribution in [2.75, 3.05) is 19.7 Å². The van der Waals surface area contributed by atoms with Gasteiger partial charge < -0.3 is 25.6 Å². The molecule has 0 fully saturated rings. The van der Waals surface area contributed by atoms with E-state index in [0.29, 0.717) is 13.0 Å². The van der Waals surface area contributed by atoms with E-state index in [-0.39, 0.29) is 37.3 Å². The number of carbonyl (C=O) groups is 3. The predicted molar refractivity (Wildman–Crippen MR) is 118 cm³/mol. The third-order valence-corrected chi connectivity index (χ3v) is 5.58. The van der Waals surface area contributed by atoms with E-state index in [1.807, 2.05) is 31.2 Å². The van der Waals surface area contributed by atoms with E-state index < -0.39 is 18.2 Å². The van der Waals surface area contributed by atoms with E-state index in [4.69, 9.17) is 14.9 Å². The minimum atomic E-state index is -1.62. The molecule has 2 amide bonds. The molecule has 1 aliphatic carbocycles. The van der Waals surface area contributed by atoms with Gasteiger partial charge in [0.1, 0.15) is 6.61 Å². The molecule has 2 atom stereocenters. The van der Waals surface area contributed by atoms with Crippen LogP contribution in [0.3, 0.4) is 0 Å². The van der Waals surface area contributed by atoms with Gasteiger partial charge in [-0.25, -0.2) is 9.59 Å². The molecule has 170 valence electrons. The summed E-state index contributed by atoms with van der Waals surface area (Å²) in [6, 6.07) is 16.2. The average Bonchev–Trinajstić information content (AvgIpc) is 3.12. The van der Waals surface area contributed by atoms with Gasteiger partial charge in [0.05, 0.1) is 6.54 Å². The molecule has 0 aromatic heterocycles. The molecular weight excluding hydrogens is 412 g/mol. The van der Waals surface area contributed by atoms with Crippen molar-refractivity contribution in [3.05, 3.63) is 59.7 Å². The van der Waals surface area contributed by atoms with Gasteiger partial charge >= 0.3 is 12.1 Å². The first kappa shape index (κ1) is 23.3. The maximum absolute atomic E-state index is 12.2. The summed E-state index contributed by atoms with van der Waals surface area (Å²) in [5.74, 6) is -1.72. The number of aliphatic hydroxyl groups excluding tert-OH is 1. The molecule has 2 unspecified atom stereocenters. The molecule has 2 aromatic rings. The number of aliphatic carboxylic acids is 1. The SMILES string of the molecule is CC(CCC(=O)NCC(O)C(=O)O)CNC(=O)OCC1c2ccccc2-c2ccccc21. The Morgan fingerprint density at radius 3 is 2.16 bits per heavy atom. The van der Waals surface area contributed by atoms with Crippen LogP contribution in [0.5, 0.6) is 0 Å². The topological polar surface area (TPSA) is 125 Å². The van der Waals surface area contributed by atoms with Gasteiger partial charge in [0, 0.05) is 18.9 Å². The molecular formula is C24H28N2O6. The highest BCUT2D eigenvalue weighted by atomic mass is 16.5. The Morgan fingerprint density at radius 1 is 0.969 bits per heavy atom. The van der Waals surface area contributed by atoms with Crippen molar-refractivity contribution >= 4 is 18.0 Å². The molecule has 3 rings (SSSR count). The maximum atomic E-state index is 12.2. The number of carboxylic acids is 1. The van der Waals surface area contributed by atoms with Crippen LogP contribution in [0.2, 0.25) is 0 Å². The second kappa shape index (κ2) is 10.8. The fraction of sp³-hybridized carbons (Fsp3) is 0.375. The molecule has 4 N–H and O–H groups in total. The zero-order chi connectivity index (χ0) is 23.1. The highest BCUT2D eigenvalue weighted by molar-refractivity contribution is 5.79. The quantitative estimate of drug-likeness (QED) is 0.450. The third kappa shape index (κ3) is 5.85. The van der Waals surface area contributed by atoms with E-state index in [2.05, 4.69) is 34.9 Å². The van der Waals surface area contributed by atoms with Gasteiger partial charge in [-0.15, -0.1) is 0 Å². The molecule has 0 saturated heterocycles. The minimum Gasteiger partial charge on any atom is -0.479 e. The number of fused-ring (bicyclic) bond motifs is 3. The van der Waals surface area contributed by atoms with Gasteiger partial charge in [0.2, 0.25) is 5.91 Å². The Bertz CT molecular complexity index is 931. The fourth-order valence-corrected chi connectivity index (χ4v) is 3.77. The third-order valence-electron chi connectivity index (χ3n) is 5.58. The average molecular weight is 440 g/mol. The van der Waals surface area contributed by atoms with Crippen LogP contribution in [0, 0.1) is 5.92 Å². The Hall–Kier alpha value is -3.39. The molecule has 8 nitrogen and oxygen atoms in total. The molecule has 0 bridgehead atoms. The van der Waals surface area contributed by atoms with E-state index in [9.17, 15) is 14.4 Å². The lowest BCUT2D eigenvalue weighted by atomic mass is 9.98. The van der Waals surface area contributed by atoms with Crippen molar-refractivity contribution < 1.29 is 29.3 Å². The first-order chi connectivity index (χ1) is 15.4. The van der Waals surface area contributed by atoms with Crippen molar-refractivity contribution in [1.82, 2.24) is 10.6 Å². The van der Waals surface area contributed by atoms with E-state index in [1.54, 1.807) is 0 Å². The molecule has 1 aliphatic rings. The summed E-state index contributed by atoms with van der Waals surface area (Å²) in [6.07, 6.45) is -1.46. The van der Waals surface area contributed by atoms with Crippen molar-refractivity contribution in [2.24, 2.45) is 5.92 Å². The van der Waals surface area contributed by atoms with Crippen LogP contribution in [0.15, 0.2) is 48.5 Å². The molecule has 0 saturated carbocycles. The minimum absolute atomic E-state index is 0.00424. The molecule has 32 heavy (non-hydrogen) atoms. The number of alkyl carbamates (subject to hydrolysis) is 1. The summed E-state index contributed by atoms with van der Waals surface area (Å²) in [5.41, 5.74) is 4.63. The number of hydrogen-bond donors (Lipinski definition) is 4. The van der Waals surface area contributed by atoms with Gasteiger partial charge in [0.25, 0.3) is 0 Å². The Kier molecular flexibility index (Phi) is 7.83. The van der Waals surface area contributed by atoms with Crippen LogP contribution in [-0.4, -0.2) is 54.0 Å². The number of ether oxygens (including phenoxy) is 1. The van der Waals surface area contributed by atoms with Crippen LogP contribution < -0.4 is 10.6 Å². The van der Waals surface area contributed by atoms with Gasteiger partial charge in [-0.3, -0.25) is 4.79 Å². The summed E-state index contributed by atoms with van der Waals surface area (Å²) in [7, 11) is 0. The Labute approximate surface area is 186 Å². The summed E-state index contributed by atoms with van der Waals surface area (Å²) >= 11 is 0. The van der Waals surface area contributed by atoms with E-state index >= 15 is 0 Å². The number of rotatable bonds is 10. The van der Waals surface area contributed by atoms with Gasteiger partial charge in [-0.05, 0) is 34.6 Å². The molecule has 2 aromatic carbocycles. The summed E-state index contributed by atoms with van der Waals surface area (Å²) in [6.45, 7) is 2.15. The number of carboxylic acid groups (broad SMARTS) is 1. The van der Waals surface area contributed by atoms with Gasteiger partial charge in [-0.2, -0.15) is 0 Å². The second-order valence-corrected chi connectivity index (χ2v) is 8.01. The molecule has 0 spiro atoms. The molecule has 8 heteroatoms. The highest BCUT2D eigenvalue weighted by Crippen LogP contribution is 2.44. The van der Waals surface area contributed by atoms with Crippen molar-refractivity contribution in [1.29, 1.82) is 0 Å². The second-order valence-electron chi connectivity index (χ2n) is 8.01. The van der Waals surface area contributed by atoms with E-state index in [1.165, 1.54) is 11.1 Å². The summed E-state index contributed by atoms with van der Waals surface area (Å²) in [5, 5.41) is 22.9. The standard InChI is InChI=1S/C24H28N2O6/c1-15(10-11-22(28)25-13-21(27)23(29)30)12-26-24(31)32-14-20-18-8-4-2-6-16(18)17-7-3-5-9-19(17)20/h2-9,15,20-21,27H,10-14H2,1H3,(H,25,28)(H,26,31)(H,29,30). The first-order valence-corrected chi connectivity index (χ1v) is 10.6. The smallest absolute Gasteiger partial charge is 0.407 e. The zero-order valence-corrected chi connectivity index (χ0v) is 17.9. The van der Waals surface area contributed by atoms with Crippen LogP contribution >= 0.6 is 0 Å². The van der Waals surface area contributed by atoms with Crippen LogP contribution in [0.4, 0.5) is 4.79 Å². The fourth-order valence-electron chi connectivity index (χ4n) is 3.77. The first-order valence-electron chi connectivity index (χ1n) is 10.6. The lowest BCUT2D eigenvalue weighted by Gasteiger charge is -2.16. The van der Waals surface area contributed by atoms with Crippen LogP contribution in [0.1, 0.15) is 36.8 Å². The highest BCUT2D eigenvalue weighted by Gasteiger charge is 2.29. The summed E-state index contributed by atoms with van der Waals surface area (Å²) < 4.78 is 5.49. The number of aliphatic hydroxyl groups is 1. The number of benzene rings is 2. The maximum Gasteiger partial charge on any atom is 0.407 e. The Balaban J connectivity index is 1.40. The van der Waals surface area contributed by atoms with E-state index in [0.717, 1.165) is 11.1 Å². The van der Waals surface area contributed by atoms with Crippen molar-refractivity contribution in [3.8, 4) is 11.1 Å². The van der Waals surface area contributed by atoms with Gasteiger partial charge in [0.15, 0.2) is 6.10 Å². The predicted octanol–water partition coefficient (Wildman–Crippen LogP) is 2.50. The molecule has 0 heterocycles. The van der Waals surface area contributed by atoms with Crippen LogP contribution in [0.25, 0.3) is 11.1 Å². The largest absolute Gasteiger partial charge is 0.479 e. The number of nitrogens with one attached hydrogen (secondary N) is 2. The molecule has 0 radical (unpaired) electrons. The molecule has 0 aliphatic heterocycles. The summed E-state index contributed by atoms with van der Waals surface area (Å²) in [4.78, 5) is 34.5. The van der Waals surface area contributed by atoms with Crippen molar-refractivity contribution in [3.63, 3.8) is 0 Å². The van der Waals surface area contributed by atoms with Gasteiger partial charge in [-0.1, -0.05) is 55.5 Å². The van der Waals surface area contributed by atoms with Crippen molar-refractivity contribution in [2.45, 2.75) is 31.8 Å². The zero-order valence-electron chi connectivity index (χ0n) is 17.9. The number of amides is 2. The number of carbonyl (C=O) groups excluding carboxylic acids is 2. The lowest BCUT2D eigenvalue weighted by Crippen LogP contribution is -2.36. The number of hydrogen-bond acceptors (Lipinski definition) is 5. The lowest BCUT2D eigenvalue weighted by molar-refractivity contribution is -0.146. The normalized spacial score (nSPS) is 14.1.